The monoisotopic (exact) mass is 506 g/mol. The van der Waals surface area contributed by atoms with Crippen molar-refractivity contribution >= 4 is 61.0 Å². The molecular weight excluding hydrogens is 492 g/mol. The van der Waals surface area contributed by atoms with Gasteiger partial charge in [-0.3, -0.25) is 25.1 Å². The average molecular weight is 507 g/mol. The van der Waals surface area contributed by atoms with Gasteiger partial charge in [-0.25, -0.2) is 8.42 Å². The molecule has 0 atom stereocenters. The van der Waals surface area contributed by atoms with Crippen LogP contribution in [0.3, 0.4) is 0 Å². The van der Waals surface area contributed by atoms with Crippen LogP contribution >= 0.6 is 11.6 Å². The molecule has 9 nitrogen and oxygen atoms in total. The molecule has 0 aromatic heterocycles. The lowest BCUT2D eigenvalue weighted by Crippen LogP contribution is -2.14. The molecule has 0 unspecified atom stereocenters. The van der Waals surface area contributed by atoms with Crippen LogP contribution in [0.25, 0.3) is 10.8 Å². The van der Waals surface area contributed by atoms with E-state index in [0.717, 1.165) is 16.8 Å². The molecule has 0 heterocycles. The third kappa shape index (κ3) is 4.09. The van der Waals surface area contributed by atoms with Crippen molar-refractivity contribution in [1.29, 1.82) is 0 Å². The van der Waals surface area contributed by atoms with E-state index in [4.69, 9.17) is 11.6 Å². The van der Waals surface area contributed by atoms with Crippen LogP contribution in [0.5, 0.6) is 0 Å². The zero-order chi connectivity index (χ0) is 24.7. The van der Waals surface area contributed by atoms with Crippen molar-refractivity contribution in [1.82, 2.24) is 0 Å². The highest BCUT2D eigenvalue weighted by atomic mass is 35.5. The highest BCUT2D eigenvalue weighted by Gasteiger charge is 2.29. The minimum Gasteiger partial charge on any atom is -0.287 e. The van der Waals surface area contributed by atoms with Crippen LogP contribution in [-0.4, -0.2) is 24.8 Å². The predicted molar refractivity (Wildman–Crippen MR) is 134 cm³/mol. The highest BCUT2D eigenvalue weighted by Crippen LogP contribution is 2.32. The smallest absolute Gasteiger partial charge is 0.287 e. The first-order valence-corrected chi connectivity index (χ1v) is 12.1. The number of carbonyl (C=O) groups is 1. The molecule has 0 fully saturated rings. The number of halogens is 1. The van der Waals surface area contributed by atoms with Crippen LogP contribution in [0.2, 0.25) is 5.02 Å². The normalized spacial score (nSPS) is 13.9. The Hall–Kier alpha value is -4.28. The van der Waals surface area contributed by atoms with E-state index < -0.39 is 20.6 Å². The Balaban J connectivity index is 1.47. The zero-order valence-corrected chi connectivity index (χ0v) is 19.3. The van der Waals surface area contributed by atoms with Gasteiger partial charge in [-0.1, -0.05) is 48.0 Å². The number of carbonyl (C=O) groups excluding carboxylic acids is 1. The number of nitro benzene ring substituents is 1. The maximum Gasteiger partial charge on any atom is 0.295 e. The second-order valence-electron chi connectivity index (χ2n) is 7.66. The first kappa shape index (κ1) is 22.5. The molecule has 174 valence electrons. The van der Waals surface area contributed by atoms with Crippen molar-refractivity contribution in [2.45, 2.75) is 4.90 Å². The van der Waals surface area contributed by atoms with E-state index in [-0.39, 0.29) is 27.8 Å². The van der Waals surface area contributed by atoms with E-state index in [1.807, 2.05) is 12.1 Å². The van der Waals surface area contributed by atoms with E-state index in [0.29, 0.717) is 16.1 Å². The number of nitro groups is 1. The molecule has 5 rings (SSSR count). The Morgan fingerprint density at radius 2 is 1.60 bits per heavy atom. The van der Waals surface area contributed by atoms with Crippen LogP contribution < -0.4 is 10.1 Å². The first-order valence-electron chi connectivity index (χ1n) is 10.2. The van der Waals surface area contributed by atoms with Crippen molar-refractivity contribution in [2.75, 3.05) is 10.1 Å². The molecule has 0 spiro atoms. The molecule has 0 amide bonds. The third-order valence-electron chi connectivity index (χ3n) is 5.48. The summed E-state index contributed by atoms with van der Waals surface area (Å²) in [7, 11) is -4.12. The lowest BCUT2D eigenvalue weighted by atomic mass is 10.1. The average Bonchev–Trinajstić information content (AvgIpc) is 3.11. The van der Waals surface area contributed by atoms with E-state index in [2.05, 4.69) is 15.2 Å². The van der Waals surface area contributed by atoms with Crippen molar-refractivity contribution in [3.8, 4) is 0 Å². The van der Waals surface area contributed by atoms with Gasteiger partial charge in [-0.2, -0.15) is 5.10 Å². The first-order chi connectivity index (χ1) is 16.7. The van der Waals surface area contributed by atoms with Gasteiger partial charge >= 0.3 is 0 Å². The highest BCUT2D eigenvalue weighted by molar-refractivity contribution is 7.92. The minimum absolute atomic E-state index is 0.0659. The van der Waals surface area contributed by atoms with Gasteiger partial charge < -0.3 is 0 Å². The second-order valence-corrected chi connectivity index (χ2v) is 9.78. The largest absolute Gasteiger partial charge is 0.295 e. The molecule has 0 aliphatic heterocycles. The number of benzene rings is 4. The van der Waals surface area contributed by atoms with Crippen molar-refractivity contribution in [3.05, 3.63) is 105 Å². The number of Topliss-reactive ketones (excluding diaryl/α,β-unsaturated/α-hetero) is 1. The van der Waals surface area contributed by atoms with Crippen LogP contribution in [0.1, 0.15) is 15.9 Å². The number of nitrogens with zero attached hydrogens (tertiary/aromatic N) is 2. The number of hydrogen-bond donors (Lipinski definition) is 2. The fourth-order valence-electron chi connectivity index (χ4n) is 3.86. The molecule has 35 heavy (non-hydrogen) atoms. The maximum atomic E-state index is 12.9. The SMILES string of the molecule is O=C1C(=NNc2ccc(S(=O)(=O)Nc3ccc(Cl)cc3)cc2[N+](=O)[O-])c2cccc3cccc1c23. The lowest BCUT2D eigenvalue weighted by molar-refractivity contribution is -0.384. The number of ketones is 1. The van der Waals surface area contributed by atoms with Crippen LogP contribution in [0.4, 0.5) is 17.1 Å². The summed E-state index contributed by atoms with van der Waals surface area (Å²) in [6.07, 6.45) is 0. The van der Waals surface area contributed by atoms with Crippen LogP contribution in [0.15, 0.2) is 88.9 Å². The van der Waals surface area contributed by atoms with Crippen LogP contribution in [0, 0.1) is 10.1 Å². The fourth-order valence-corrected chi connectivity index (χ4v) is 5.06. The summed E-state index contributed by atoms with van der Waals surface area (Å²) >= 11 is 5.82. The van der Waals surface area contributed by atoms with Crippen LogP contribution in [-0.2, 0) is 10.0 Å². The molecule has 0 radical (unpaired) electrons. The Labute approximate surface area is 204 Å². The van der Waals surface area contributed by atoms with E-state index >= 15 is 0 Å². The molecule has 4 aromatic carbocycles. The summed E-state index contributed by atoms with van der Waals surface area (Å²) in [5.74, 6) is -0.307. The fraction of sp³-hybridized carbons (Fsp3) is 0. The lowest BCUT2D eigenvalue weighted by Gasteiger charge is -2.10. The van der Waals surface area contributed by atoms with E-state index in [9.17, 15) is 23.3 Å². The number of hydrogen-bond acceptors (Lipinski definition) is 7. The Morgan fingerprint density at radius 3 is 2.29 bits per heavy atom. The summed E-state index contributed by atoms with van der Waals surface area (Å²) in [5, 5.41) is 18.0. The molecular formula is C24H15ClN4O5S. The van der Waals surface area contributed by atoms with Gasteiger partial charge in [0, 0.05) is 33.3 Å². The summed E-state index contributed by atoms with van der Waals surface area (Å²) in [5.41, 5.74) is 3.48. The Kier molecular flexibility index (Phi) is 5.46. The van der Waals surface area contributed by atoms with Gasteiger partial charge in [0.1, 0.15) is 11.4 Å². The Bertz CT molecular complexity index is 1660. The molecule has 11 heteroatoms. The summed E-state index contributed by atoms with van der Waals surface area (Å²) in [4.78, 5) is 23.6. The minimum atomic E-state index is -4.12. The molecule has 2 N–H and O–H groups in total. The van der Waals surface area contributed by atoms with Gasteiger partial charge in [0.15, 0.2) is 0 Å². The predicted octanol–water partition coefficient (Wildman–Crippen LogP) is 5.21. The topological polar surface area (TPSA) is 131 Å². The number of sulfonamides is 1. The summed E-state index contributed by atoms with van der Waals surface area (Å²) in [6, 6.07) is 20.1. The number of nitrogens with one attached hydrogen (secondary N) is 2. The molecule has 1 aliphatic rings. The molecule has 4 aromatic rings. The quantitative estimate of drug-likeness (QED) is 0.272. The van der Waals surface area contributed by atoms with Gasteiger partial charge in [0.2, 0.25) is 5.78 Å². The molecule has 0 saturated heterocycles. The van der Waals surface area contributed by atoms with Crippen molar-refractivity contribution < 1.29 is 18.1 Å². The van der Waals surface area contributed by atoms with Gasteiger partial charge in [0.05, 0.1) is 9.82 Å². The number of rotatable bonds is 6. The van der Waals surface area contributed by atoms with Gasteiger partial charge in [0.25, 0.3) is 15.7 Å². The van der Waals surface area contributed by atoms with E-state index in [1.54, 1.807) is 24.3 Å². The molecule has 1 aliphatic carbocycles. The van der Waals surface area contributed by atoms with Crippen molar-refractivity contribution in [3.63, 3.8) is 0 Å². The number of hydrazone groups is 1. The number of anilines is 2. The zero-order valence-electron chi connectivity index (χ0n) is 17.7. The second kappa shape index (κ2) is 8.49. The Morgan fingerprint density at radius 1 is 0.914 bits per heavy atom. The summed E-state index contributed by atoms with van der Waals surface area (Å²) in [6.45, 7) is 0. The molecule has 0 bridgehead atoms. The third-order valence-corrected chi connectivity index (χ3v) is 7.11. The van der Waals surface area contributed by atoms with E-state index in [1.165, 1.54) is 36.4 Å². The van der Waals surface area contributed by atoms with Gasteiger partial charge in [-0.15, -0.1) is 0 Å². The molecule has 0 saturated carbocycles. The van der Waals surface area contributed by atoms with Gasteiger partial charge in [-0.05, 0) is 41.8 Å². The maximum absolute atomic E-state index is 12.9. The standard InChI is InChI=1S/C24H15ClN4O5S/c25-15-7-9-16(10-8-15)28-35(33,34)17-11-12-20(21(13-17)29(31)32)26-27-23-18-5-1-3-14-4-2-6-19(22(14)18)24(23)30/h1-13,26,28H. The summed E-state index contributed by atoms with van der Waals surface area (Å²) < 4.78 is 27.9. The van der Waals surface area contributed by atoms with Crippen molar-refractivity contribution in [2.24, 2.45) is 5.10 Å².